The lowest BCUT2D eigenvalue weighted by Gasteiger charge is -2.30. The van der Waals surface area contributed by atoms with Crippen molar-refractivity contribution in [1.82, 2.24) is 10.0 Å². The highest BCUT2D eigenvalue weighted by Gasteiger charge is 2.24. The smallest absolute Gasteiger partial charge is 0.0762 e. The first kappa shape index (κ1) is 17.0. The molecule has 0 radical (unpaired) electrons. The topological polar surface area (TPSA) is 37.7 Å². The van der Waals surface area contributed by atoms with Crippen molar-refractivity contribution in [3.05, 3.63) is 71.6 Å². The predicted octanol–water partition coefficient (Wildman–Crippen LogP) is 4.49. The van der Waals surface area contributed by atoms with Crippen LogP contribution in [0.5, 0.6) is 0 Å². The molecule has 0 saturated carbocycles. The third-order valence-corrected chi connectivity index (χ3v) is 4.91. The second kappa shape index (κ2) is 8.28. The molecule has 1 saturated heterocycles. The number of benzene rings is 1. The molecule has 1 aromatic carbocycles. The lowest BCUT2D eigenvalue weighted by Crippen LogP contribution is -2.27. The average molecular weight is 347 g/mol. The SMILES string of the molecule is c1ccc(C(=C2CCCN=C2c2cccnc2)N2CCCCCO2)cc1. The monoisotopic (exact) mass is 347 g/mol. The van der Waals surface area contributed by atoms with Crippen LogP contribution in [0.4, 0.5) is 0 Å². The number of rotatable bonds is 3. The van der Waals surface area contributed by atoms with E-state index in [2.05, 4.69) is 46.4 Å². The van der Waals surface area contributed by atoms with Gasteiger partial charge in [0.1, 0.15) is 0 Å². The Morgan fingerprint density at radius 3 is 2.73 bits per heavy atom. The fourth-order valence-electron chi connectivity index (χ4n) is 3.67. The van der Waals surface area contributed by atoms with Gasteiger partial charge in [-0.15, -0.1) is 0 Å². The van der Waals surface area contributed by atoms with Gasteiger partial charge in [-0.25, -0.2) is 0 Å². The molecule has 2 aliphatic rings. The first-order chi connectivity index (χ1) is 12.9. The molecule has 0 unspecified atom stereocenters. The summed E-state index contributed by atoms with van der Waals surface area (Å²) >= 11 is 0. The Kier molecular flexibility index (Phi) is 5.41. The summed E-state index contributed by atoms with van der Waals surface area (Å²) in [5.74, 6) is 0. The minimum absolute atomic E-state index is 0.781. The van der Waals surface area contributed by atoms with Gasteiger partial charge in [-0.1, -0.05) is 30.3 Å². The molecule has 4 heteroatoms. The van der Waals surface area contributed by atoms with Crippen LogP contribution in [0.3, 0.4) is 0 Å². The van der Waals surface area contributed by atoms with E-state index >= 15 is 0 Å². The maximum absolute atomic E-state index is 6.16. The van der Waals surface area contributed by atoms with Gasteiger partial charge in [0.05, 0.1) is 18.0 Å². The van der Waals surface area contributed by atoms with Crippen molar-refractivity contribution < 1.29 is 4.84 Å². The first-order valence-electron chi connectivity index (χ1n) is 9.58. The Hall–Kier alpha value is -2.46. The molecule has 0 spiro atoms. The van der Waals surface area contributed by atoms with E-state index in [1.807, 2.05) is 18.5 Å². The number of hydrogen-bond donors (Lipinski definition) is 0. The molecule has 0 bridgehead atoms. The highest BCUT2D eigenvalue weighted by Crippen LogP contribution is 2.32. The average Bonchev–Trinajstić information content (AvgIpc) is 3.00. The van der Waals surface area contributed by atoms with Gasteiger partial charge in [0.15, 0.2) is 0 Å². The quantitative estimate of drug-likeness (QED) is 0.821. The standard InChI is InChI=1S/C22H25N3O/c1-3-9-18(10-4-1)22(25-15-5-2-6-16-26-25)20-12-8-14-24-21(20)19-11-7-13-23-17-19/h1,3-4,7,9-11,13,17H,2,5-6,8,12,14-16H2. The summed E-state index contributed by atoms with van der Waals surface area (Å²) in [6.45, 7) is 2.58. The predicted molar refractivity (Wildman–Crippen MR) is 105 cm³/mol. The van der Waals surface area contributed by atoms with E-state index in [0.717, 1.165) is 56.7 Å². The summed E-state index contributed by atoms with van der Waals surface area (Å²) in [5, 5.41) is 2.12. The molecule has 2 aliphatic heterocycles. The van der Waals surface area contributed by atoms with Gasteiger partial charge in [-0.3, -0.25) is 19.9 Å². The normalized spacial score (nSPS) is 20.3. The summed E-state index contributed by atoms with van der Waals surface area (Å²) in [6.07, 6.45) is 9.31. The number of allylic oxidation sites excluding steroid dienone is 1. The summed E-state index contributed by atoms with van der Waals surface area (Å²) < 4.78 is 0. The Morgan fingerprint density at radius 1 is 0.962 bits per heavy atom. The zero-order valence-electron chi connectivity index (χ0n) is 15.1. The molecule has 0 atom stereocenters. The van der Waals surface area contributed by atoms with Gasteiger partial charge in [-0.05, 0) is 44.2 Å². The summed E-state index contributed by atoms with van der Waals surface area (Å²) in [5.41, 5.74) is 5.80. The number of aliphatic imine (C=N–C) groups is 1. The third kappa shape index (κ3) is 3.70. The fourth-order valence-corrected chi connectivity index (χ4v) is 3.67. The lowest BCUT2D eigenvalue weighted by molar-refractivity contribution is -0.101. The van der Waals surface area contributed by atoms with Gasteiger partial charge < -0.3 is 0 Å². The lowest BCUT2D eigenvalue weighted by atomic mass is 9.92. The van der Waals surface area contributed by atoms with E-state index in [9.17, 15) is 0 Å². The molecule has 0 N–H and O–H groups in total. The minimum atomic E-state index is 0.781. The molecule has 0 amide bonds. The second-order valence-electron chi connectivity index (χ2n) is 6.76. The summed E-state index contributed by atoms with van der Waals surface area (Å²) in [7, 11) is 0. The van der Waals surface area contributed by atoms with E-state index in [0.29, 0.717) is 0 Å². The van der Waals surface area contributed by atoms with Crippen LogP contribution in [-0.4, -0.2) is 35.5 Å². The van der Waals surface area contributed by atoms with Gasteiger partial charge in [0, 0.05) is 42.2 Å². The molecule has 2 aromatic rings. The van der Waals surface area contributed by atoms with Crippen LogP contribution in [-0.2, 0) is 4.84 Å². The molecule has 134 valence electrons. The van der Waals surface area contributed by atoms with Crippen LogP contribution in [0.15, 0.2) is 65.4 Å². The molecule has 4 nitrogen and oxygen atoms in total. The number of hydrogen-bond acceptors (Lipinski definition) is 4. The van der Waals surface area contributed by atoms with Crippen LogP contribution in [0.1, 0.15) is 43.2 Å². The molecule has 26 heavy (non-hydrogen) atoms. The molecular weight excluding hydrogens is 322 g/mol. The Morgan fingerprint density at radius 2 is 1.88 bits per heavy atom. The molecule has 4 rings (SSSR count). The van der Waals surface area contributed by atoms with Crippen LogP contribution in [0.25, 0.3) is 5.70 Å². The van der Waals surface area contributed by atoms with E-state index in [4.69, 9.17) is 9.83 Å². The van der Waals surface area contributed by atoms with Crippen LogP contribution in [0, 0.1) is 0 Å². The van der Waals surface area contributed by atoms with Gasteiger partial charge in [-0.2, -0.15) is 0 Å². The van der Waals surface area contributed by atoms with Gasteiger partial charge in [0.2, 0.25) is 0 Å². The van der Waals surface area contributed by atoms with Crippen LogP contribution >= 0.6 is 0 Å². The molecular formula is C22H25N3O. The number of hydroxylamine groups is 2. The van der Waals surface area contributed by atoms with Crippen molar-refractivity contribution in [2.45, 2.75) is 32.1 Å². The van der Waals surface area contributed by atoms with Crippen molar-refractivity contribution in [2.24, 2.45) is 4.99 Å². The highest BCUT2D eigenvalue weighted by molar-refractivity contribution is 6.16. The zero-order chi connectivity index (χ0) is 17.6. The van der Waals surface area contributed by atoms with Crippen LogP contribution in [0.2, 0.25) is 0 Å². The third-order valence-electron chi connectivity index (χ3n) is 4.91. The maximum Gasteiger partial charge on any atom is 0.0762 e. The number of nitrogens with zero attached hydrogens (tertiary/aromatic N) is 3. The number of aromatic nitrogens is 1. The van der Waals surface area contributed by atoms with E-state index in [1.54, 1.807) is 0 Å². The van der Waals surface area contributed by atoms with Crippen molar-refractivity contribution in [2.75, 3.05) is 19.7 Å². The first-order valence-corrected chi connectivity index (χ1v) is 9.58. The van der Waals surface area contributed by atoms with E-state index < -0.39 is 0 Å². The minimum Gasteiger partial charge on any atom is -0.284 e. The Balaban J connectivity index is 1.85. The molecule has 1 fully saturated rings. The summed E-state index contributed by atoms with van der Waals surface area (Å²) in [6, 6.07) is 14.7. The Labute approximate surface area is 155 Å². The highest BCUT2D eigenvalue weighted by atomic mass is 16.7. The Bertz CT molecular complexity index is 776. The van der Waals surface area contributed by atoms with E-state index in [1.165, 1.54) is 23.3 Å². The second-order valence-corrected chi connectivity index (χ2v) is 6.76. The van der Waals surface area contributed by atoms with Crippen molar-refractivity contribution >= 4 is 11.4 Å². The van der Waals surface area contributed by atoms with Crippen molar-refractivity contribution in [1.29, 1.82) is 0 Å². The van der Waals surface area contributed by atoms with Crippen LogP contribution < -0.4 is 0 Å². The molecule has 3 heterocycles. The zero-order valence-corrected chi connectivity index (χ0v) is 15.1. The number of pyridine rings is 1. The summed E-state index contributed by atoms with van der Waals surface area (Å²) in [4.78, 5) is 15.3. The fraction of sp³-hybridized carbons (Fsp3) is 0.364. The molecule has 1 aromatic heterocycles. The molecule has 0 aliphatic carbocycles. The van der Waals surface area contributed by atoms with Gasteiger partial charge >= 0.3 is 0 Å². The van der Waals surface area contributed by atoms with Gasteiger partial charge in [0.25, 0.3) is 0 Å². The van der Waals surface area contributed by atoms with E-state index in [-0.39, 0.29) is 0 Å². The van der Waals surface area contributed by atoms with Crippen molar-refractivity contribution in [3.8, 4) is 0 Å². The largest absolute Gasteiger partial charge is 0.284 e. The maximum atomic E-state index is 6.16. The van der Waals surface area contributed by atoms with Crippen molar-refractivity contribution in [3.63, 3.8) is 0 Å².